The van der Waals surface area contributed by atoms with Crippen LogP contribution in [0.25, 0.3) is 0 Å². The summed E-state index contributed by atoms with van der Waals surface area (Å²) in [7, 11) is 1.76. The largest absolute Gasteiger partial charge is 0.383 e. The first-order valence-electron chi connectivity index (χ1n) is 5.56. The molecular weight excluding hydrogens is 176 g/mol. The monoisotopic (exact) mass is 200 g/mol. The van der Waals surface area contributed by atoms with Crippen LogP contribution in [0.4, 0.5) is 0 Å². The highest BCUT2D eigenvalue weighted by atomic mass is 16.5. The van der Waals surface area contributed by atoms with Gasteiger partial charge in [-0.25, -0.2) is 0 Å². The Balaban J connectivity index is 2.35. The molecule has 0 amide bonds. The van der Waals surface area contributed by atoms with Crippen LogP contribution < -0.4 is 5.73 Å². The molecule has 1 aliphatic carbocycles. The van der Waals surface area contributed by atoms with Gasteiger partial charge in [-0.05, 0) is 38.6 Å². The lowest BCUT2D eigenvalue weighted by Crippen LogP contribution is -2.40. The number of rotatable bonds is 7. The van der Waals surface area contributed by atoms with Crippen molar-refractivity contribution < 1.29 is 4.74 Å². The molecule has 84 valence electrons. The first-order chi connectivity index (χ1) is 6.63. The van der Waals surface area contributed by atoms with Crippen LogP contribution in [0.5, 0.6) is 0 Å². The van der Waals surface area contributed by atoms with Gasteiger partial charge in [-0.2, -0.15) is 0 Å². The molecule has 0 bridgehead atoms. The quantitative estimate of drug-likeness (QED) is 0.668. The summed E-state index contributed by atoms with van der Waals surface area (Å²) in [6.45, 7) is 8.30. The standard InChI is InChI=1S/C11H24N2O/c1-10(2)13(6-7-14-3)9-11(8-12)4-5-11/h10H,4-9,12H2,1-3H3. The number of hydrogen-bond donors (Lipinski definition) is 1. The predicted octanol–water partition coefficient (Wildman–Crippen LogP) is 1.08. The number of ether oxygens (including phenoxy) is 1. The molecule has 0 aromatic carbocycles. The van der Waals surface area contributed by atoms with E-state index in [9.17, 15) is 0 Å². The van der Waals surface area contributed by atoms with Crippen molar-refractivity contribution in [2.75, 3.05) is 33.4 Å². The van der Waals surface area contributed by atoms with Gasteiger partial charge in [0.2, 0.25) is 0 Å². The Labute approximate surface area is 87.6 Å². The Morgan fingerprint density at radius 2 is 2.07 bits per heavy atom. The lowest BCUT2D eigenvalue weighted by atomic mass is 10.1. The molecule has 0 radical (unpaired) electrons. The second kappa shape index (κ2) is 5.10. The molecule has 0 saturated heterocycles. The van der Waals surface area contributed by atoms with Gasteiger partial charge in [0.15, 0.2) is 0 Å². The fraction of sp³-hybridized carbons (Fsp3) is 1.00. The molecule has 0 unspecified atom stereocenters. The van der Waals surface area contributed by atoms with E-state index in [0.29, 0.717) is 11.5 Å². The second-order valence-electron chi connectivity index (χ2n) is 4.76. The van der Waals surface area contributed by atoms with Crippen LogP contribution in [-0.2, 0) is 4.74 Å². The van der Waals surface area contributed by atoms with Gasteiger partial charge in [-0.3, -0.25) is 4.90 Å². The summed E-state index contributed by atoms with van der Waals surface area (Å²) in [6.07, 6.45) is 2.61. The smallest absolute Gasteiger partial charge is 0.0589 e. The molecule has 1 aliphatic rings. The van der Waals surface area contributed by atoms with Crippen molar-refractivity contribution in [2.24, 2.45) is 11.1 Å². The van der Waals surface area contributed by atoms with Crippen LogP contribution in [0.1, 0.15) is 26.7 Å². The number of methoxy groups -OCH3 is 1. The highest BCUT2D eigenvalue weighted by molar-refractivity contribution is 4.96. The molecule has 1 rings (SSSR count). The molecule has 14 heavy (non-hydrogen) atoms. The summed E-state index contributed by atoms with van der Waals surface area (Å²) in [5, 5.41) is 0. The van der Waals surface area contributed by atoms with E-state index >= 15 is 0 Å². The minimum atomic E-state index is 0.442. The summed E-state index contributed by atoms with van der Waals surface area (Å²) in [5.74, 6) is 0. The summed E-state index contributed by atoms with van der Waals surface area (Å²) in [6, 6.07) is 0.592. The van der Waals surface area contributed by atoms with E-state index in [1.165, 1.54) is 12.8 Å². The number of hydrogen-bond acceptors (Lipinski definition) is 3. The van der Waals surface area contributed by atoms with Crippen LogP contribution in [0.15, 0.2) is 0 Å². The number of nitrogens with zero attached hydrogens (tertiary/aromatic N) is 1. The third-order valence-electron chi connectivity index (χ3n) is 3.24. The molecule has 2 N–H and O–H groups in total. The van der Waals surface area contributed by atoms with Crippen molar-refractivity contribution in [3.05, 3.63) is 0 Å². The van der Waals surface area contributed by atoms with Gasteiger partial charge < -0.3 is 10.5 Å². The highest BCUT2D eigenvalue weighted by Gasteiger charge is 2.42. The van der Waals surface area contributed by atoms with Crippen LogP contribution in [0.3, 0.4) is 0 Å². The molecule has 3 heteroatoms. The van der Waals surface area contributed by atoms with Crippen molar-refractivity contribution in [3.8, 4) is 0 Å². The lowest BCUT2D eigenvalue weighted by Gasteiger charge is -2.30. The zero-order chi connectivity index (χ0) is 10.6. The van der Waals surface area contributed by atoms with Gasteiger partial charge in [0.25, 0.3) is 0 Å². The van der Waals surface area contributed by atoms with Crippen LogP contribution >= 0.6 is 0 Å². The van der Waals surface area contributed by atoms with Gasteiger partial charge in [0.1, 0.15) is 0 Å². The maximum absolute atomic E-state index is 5.79. The van der Waals surface area contributed by atoms with E-state index in [2.05, 4.69) is 18.7 Å². The third-order valence-corrected chi connectivity index (χ3v) is 3.24. The first-order valence-corrected chi connectivity index (χ1v) is 5.56. The van der Waals surface area contributed by atoms with Gasteiger partial charge in [0, 0.05) is 26.2 Å². The van der Waals surface area contributed by atoms with Crippen LogP contribution in [0, 0.1) is 5.41 Å². The predicted molar refractivity (Wildman–Crippen MR) is 59.3 cm³/mol. The Morgan fingerprint density at radius 3 is 2.43 bits per heavy atom. The van der Waals surface area contributed by atoms with E-state index < -0.39 is 0 Å². The van der Waals surface area contributed by atoms with E-state index in [4.69, 9.17) is 10.5 Å². The normalized spacial score (nSPS) is 19.3. The summed E-state index contributed by atoms with van der Waals surface area (Å²) in [4.78, 5) is 2.48. The molecule has 0 spiro atoms. The van der Waals surface area contributed by atoms with E-state index in [1.54, 1.807) is 7.11 Å². The summed E-state index contributed by atoms with van der Waals surface area (Å²) >= 11 is 0. The molecule has 0 heterocycles. The zero-order valence-corrected chi connectivity index (χ0v) is 9.75. The lowest BCUT2D eigenvalue weighted by molar-refractivity contribution is 0.113. The second-order valence-corrected chi connectivity index (χ2v) is 4.76. The average molecular weight is 200 g/mol. The first kappa shape index (κ1) is 12.0. The van der Waals surface area contributed by atoms with Crippen molar-refractivity contribution in [3.63, 3.8) is 0 Å². The summed E-state index contributed by atoms with van der Waals surface area (Å²) < 4.78 is 5.12. The van der Waals surface area contributed by atoms with E-state index in [0.717, 1.165) is 26.2 Å². The average Bonchev–Trinajstić information content (AvgIpc) is 2.92. The minimum absolute atomic E-state index is 0.442. The summed E-state index contributed by atoms with van der Waals surface area (Å²) in [5.41, 5.74) is 6.23. The maximum atomic E-state index is 5.79. The molecule has 3 nitrogen and oxygen atoms in total. The van der Waals surface area contributed by atoms with Gasteiger partial charge in [-0.1, -0.05) is 0 Å². The van der Waals surface area contributed by atoms with Crippen LogP contribution in [-0.4, -0.2) is 44.3 Å². The molecular formula is C11H24N2O. The highest BCUT2D eigenvalue weighted by Crippen LogP contribution is 2.45. The van der Waals surface area contributed by atoms with Crippen molar-refractivity contribution in [1.82, 2.24) is 4.90 Å². The Morgan fingerprint density at radius 1 is 1.43 bits per heavy atom. The fourth-order valence-corrected chi connectivity index (χ4v) is 1.76. The van der Waals surface area contributed by atoms with E-state index in [1.807, 2.05) is 0 Å². The third kappa shape index (κ3) is 3.23. The SMILES string of the molecule is COCCN(CC1(CN)CC1)C(C)C. The Bertz CT molecular complexity index is 167. The molecule has 0 atom stereocenters. The Kier molecular flexibility index (Phi) is 4.35. The maximum Gasteiger partial charge on any atom is 0.0589 e. The van der Waals surface area contributed by atoms with Gasteiger partial charge in [0.05, 0.1) is 6.61 Å². The van der Waals surface area contributed by atoms with Gasteiger partial charge in [-0.15, -0.1) is 0 Å². The molecule has 0 aromatic rings. The van der Waals surface area contributed by atoms with Crippen LogP contribution in [0.2, 0.25) is 0 Å². The molecule has 1 fully saturated rings. The van der Waals surface area contributed by atoms with E-state index in [-0.39, 0.29) is 0 Å². The molecule has 1 saturated carbocycles. The fourth-order valence-electron chi connectivity index (χ4n) is 1.76. The molecule has 0 aliphatic heterocycles. The van der Waals surface area contributed by atoms with Crippen molar-refractivity contribution >= 4 is 0 Å². The minimum Gasteiger partial charge on any atom is -0.383 e. The molecule has 0 aromatic heterocycles. The Hall–Kier alpha value is -0.120. The van der Waals surface area contributed by atoms with Crippen molar-refractivity contribution in [1.29, 1.82) is 0 Å². The topological polar surface area (TPSA) is 38.5 Å². The van der Waals surface area contributed by atoms with Crippen molar-refractivity contribution in [2.45, 2.75) is 32.7 Å². The van der Waals surface area contributed by atoms with Gasteiger partial charge >= 0.3 is 0 Å². The number of nitrogens with two attached hydrogens (primary N) is 1. The zero-order valence-electron chi connectivity index (χ0n) is 9.75.